The van der Waals surface area contributed by atoms with Crippen LogP contribution in [0.1, 0.15) is 5.56 Å². The van der Waals surface area contributed by atoms with Crippen molar-refractivity contribution in [2.75, 3.05) is 17.4 Å². The molecule has 10 heteroatoms. The Morgan fingerprint density at radius 3 is 2.81 bits per heavy atom. The van der Waals surface area contributed by atoms with Crippen molar-refractivity contribution >= 4 is 49.2 Å². The largest absolute Gasteiger partial charge is 0.454 e. The molecule has 0 spiro atoms. The first-order valence-corrected chi connectivity index (χ1v) is 10.3. The highest BCUT2D eigenvalue weighted by Gasteiger charge is 2.14. The molecule has 0 aliphatic carbocycles. The van der Waals surface area contributed by atoms with E-state index in [1.54, 1.807) is 18.6 Å². The number of nitrogens with zero attached hydrogens (tertiary/aromatic N) is 5. The van der Waals surface area contributed by atoms with Gasteiger partial charge in [0.05, 0.1) is 28.3 Å². The van der Waals surface area contributed by atoms with Crippen LogP contribution < -0.4 is 20.1 Å². The van der Waals surface area contributed by atoms with Gasteiger partial charge < -0.3 is 20.1 Å². The van der Waals surface area contributed by atoms with Crippen LogP contribution in [0.25, 0.3) is 20.4 Å². The van der Waals surface area contributed by atoms with Crippen LogP contribution in [0.15, 0.2) is 55.2 Å². The Morgan fingerprint density at radius 1 is 0.968 bits per heavy atom. The summed E-state index contributed by atoms with van der Waals surface area (Å²) in [4.78, 5) is 22.9. The molecule has 0 unspecified atom stereocenters. The lowest BCUT2D eigenvalue weighted by atomic mass is 10.2. The molecular weight excluding hydrogens is 414 g/mol. The van der Waals surface area contributed by atoms with Gasteiger partial charge in [-0.2, -0.15) is 0 Å². The molecule has 1 aromatic carbocycles. The number of fused-ring (bicyclic) bond motifs is 4. The summed E-state index contributed by atoms with van der Waals surface area (Å²) in [5.41, 5.74) is 2.75. The maximum absolute atomic E-state index is 5.42. The van der Waals surface area contributed by atoms with Crippen molar-refractivity contribution in [3.05, 3.63) is 60.8 Å². The number of aromatic nitrogens is 5. The lowest BCUT2D eigenvalue weighted by molar-refractivity contribution is 0.174. The van der Waals surface area contributed by atoms with Gasteiger partial charge in [0.2, 0.25) is 12.7 Å². The minimum absolute atomic E-state index is 0.269. The van der Waals surface area contributed by atoms with Gasteiger partial charge in [0.15, 0.2) is 17.3 Å². The molecule has 0 saturated heterocycles. The fraction of sp³-hybridized carbons (Fsp3) is 0.0952. The van der Waals surface area contributed by atoms with Crippen molar-refractivity contribution < 1.29 is 9.47 Å². The monoisotopic (exact) mass is 429 g/mol. The average molecular weight is 429 g/mol. The normalized spacial score (nSPS) is 12.4. The number of ether oxygens (including phenoxy) is 2. The summed E-state index contributed by atoms with van der Waals surface area (Å²) in [6.07, 6.45) is 6.77. The summed E-state index contributed by atoms with van der Waals surface area (Å²) in [5.74, 6) is 2.66. The summed E-state index contributed by atoms with van der Waals surface area (Å²) in [5, 5.41) is 7.51. The highest BCUT2D eigenvalue weighted by molar-refractivity contribution is 7.25. The van der Waals surface area contributed by atoms with Crippen LogP contribution in [-0.4, -0.2) is 31.7 Å². The van der Waals surface area contributed by atoms with E-state index in [2.05, 4.69) is 35.6 Å². The van der Waals surface area contributed by atoms with Gasteiger partial charge in [-0.15, -0.1) is 11.3 Å². The van der Waals surface area contributed by atoms with E-state index >= 15 is 0 Å². The molecule has 152 valence electrons. The van der Waals surface area contributed by atoms with Gasteiger partial charge in [-0.25, -0.2) is 24.9 Å². The van der Waals surface area contributed by atoms with Crippen molar-refractivity contribution in [3.8, 4) is 11.5 Å². The van der Waals surface area contributed by atoms with E-state index in [-0.39, 0.29) is 6.79 Å². The number of anilines is 3. The van der Waals surface area contributed by atoms with Crippen molar-refractivity contribution in [2.45, 2.75) is 6.54 Å². The van der Waals surface area contributed by atoms with Gasteiger partial charge in [0, 0.05) is 18.1 Å². The lowest BCUT2D eigenvalue weighted by Crippen LogP contribution is -2.03. The molecular formula is C21H15N7O2S. The van der Waals surface area contributed by atoms with E-state index < -0.39 is 0 Å². The third kappa shape index (κ3) is 3.32. The van der Waals surface area contributed by atoms with E-state index in [1.165, 1.54) is 17.7 Å². The topological polar surface area (TPSA) is 107 Å². The van der Waals surface area contributed by atoms with E-state index in [1.807, 2.05) is 30.3 Å². The van der Waals surface area contributed by atoms with E-state index in [4.69, 9.17) is 9.47 Å². The van der Waals surface area contributed by atoms with Crippen LogP contribution >= 0.6 is 11.3 Å². The second kappa shape index (κ2) is 7.33. The van der Waals surface area contributed by atoms with Crippen molar-refractivity contribution in [3.63, 3.8) is 0 Å². The van der Waals surface area contributed by atoms with Crippen molar-refractivity contribution in [1.29, 1.82) is 0 Å². The maximum atomic E-state index is 5.42. The standard InChI is InChI=1S/C21H15N7O2S/c1-2-14-17-18(31-20(14)22-5-1)19(27-10-26-17)28-21-24-8-13(9-25-21)23-7-12-3-4-15-16(6-12)30-11-29-15/h1-6,8-10,23H,7,11H2,(H,24,25,26,27,28). The fourth-order valence-corrected chi connectivity index (χ4v) is 4.39. The zero-order chi connectivity index (χ0) is 20.6. The molecule has 1 aliphatic heterocycles. The Bertz CT molecular complexity index is 1400. The van der Waals surface area contributed by atoms with Crippen LogP contribution in [0.3, 0.4) is 0 Å². The predicted molar refractivity (Wildman–Crippen MR) is 118 cm³/mol. The quantitative estimate of drug-likeness (QED) is 0.427. The molecule has 6 rings (SSSR count). The Kier molecular flexibility index (Phi) is 4.20. The summed E-state index contributed by atoms with van der Waals surface area (Å²) >= 11 is 1.54. The predicted octanol–water partition coefficient (Wildman–Crippen LogP) is 4.11. The molecule has 0 saturated carbocycles. The first-order valence-electron chi connectivity index (χ1n) is 9.53. The molecule has 9 nitrogen and oxygen atoms in total. The molecule has 1 aliphatic rings. The van der Waals surface area contributed by atoms with Gasteiger partial charge in [-0.3, -0.25) is 0 Å². The number of hydrogen-bond acceptors (Lipinski definition) is 10. The van der Waals surface area contributed by atoms with E-state index in [0.29, 0.717) is 18.3 Å². The summed E-state index contributed by atoms with van der Waals surface area (Å²) in [6, 6.07) is 9.79. The first kappa shape index (κ1) is 17.8. The lowest BCUT2D eigenvalue weighted by Gasteiger charge is -2.08. The van der Waals surface area contributed by atoms with Crippen LogP contribution in [0, 0.1) is 0 Å². The molecule has 5 aromatic rings. The number of nitrogens with one attached hydrogen (secondary N) is 2. The second-order valence-corrected chi connectivity index (χ2v) is 7.82. The number of thiophene rings is 1. The summed E-state index contributed by atoms with van der Waals surface area (Å²) in [7, 11) is 0. The number of benzene rings is 1. The zero-order valence-electron chi connectivity index (χ0n) is 16.1. The molecule has 0 atom stereocenters. The maximum Gasteiger partial charge on any atom is 0.231 e. The Labute approximate surface area is 180 Å². The van der Waals surface area contributed by atoms with Gasteiger partial charge in [0.1, 0.15) is 11.2 Å². The van der Waals surface area contributed by atoms with Crippen molar-refractivity contribution in [1.82, 2.24) is 24.9 Å². The molecule has 5 heterocycles. The van der Waals surface area contributed by atoms with Crippen LogP contribution in [0.5, 0.6) is 11.5 Å². The third-order valence-electron chi connectivity index (χ3n) is 4.84. The highest BCUT2D eigenvalue weighted by Crippen LogP contribution is 2.35. The van der Waals surface area contributed by atoms with E-state index in [9.17, 15) is 0 Å². The SMILES string of the molecule is c1cnc2sc3c(Nc4ncc(NCc5ccc6c(c5)OCO6)cn4)ncnc3c2c1. The smallest absolute Gasteiger partial charge is 0.231 e. The van der Waals surface area contributed by atoms with Gasteiger partial charge >= 0.3 is 0 Å². The minimum Gasteiger partial charge on any atom is -0.454 e. The van der Waals surface area contributed by atoms with Gasteiger partial charge in [-0.05, 0) is 29.8 Å². The first-order chi connectivity index (χ1) is 15.3. The molecule has 31 heavy (non-hydrogen) atoms. The van der Waals surface area contributed by atoms with Crippen LogP contribution in [-0.2, 0) is 6.54 Å². The molecule has 0 radical (unpaired) electrons. The van der Waals surface area contributed by atoms with Gasteiger partial charge in [-0.1, -0.05) is 6.07 Å². The van der Waals surface area contributed by atoms with Crippen LogP contribution in [0.4, 0.5) is 17.5 Å². The Morgan fingerprint density at radius 2 is 1.87 bits per heavy atom. The summed E-state index contributed by atoms with van der Waals surface area (Å²) < 4.78 is 11.7. The fourth-order valence-electron chi connectivity index (χ4n) is 3.35. The van der Waals surface area contributed by atoms with E-state index in [0.717, 1.165) is 43.2 Å². The number of hydrogen-bond donors (Lipinski definition) is 2. The Balaban J connectivity index is 1.18. The second-order valence-electron chi connectivity index (χ2n) is 6.82. The average Bonchev–Trinajstić information content (AvgIpc) is 3.43. The minimum atomic E-state index is 0.269. The Hall–Kier alpha value is -4.05. The molecule has 0 amide bonds. The van der Waals surface area contributed by atoms with Crippen LogP contribution in [0.2, 0.25) is 0 Å². The molecule has 0 fully saturated rings. The third-order valence-corrected chi connectivity index (χ3v) is 5.95. The zero-order valence-corrected chi connectivity index (χ0v) is 16.9. The molecule has 2 N–H and O–H groups in total. The molecule has 4 aromatic heterocycles. The highest BCUT2D eigenvalue weighted by atomic mass is 32.1. The molecule has 0 bridgehead atoms. The number of pyridine rings is 1. The van der Waals surface area contributed by atoms with Gasteiger partial charge in [0.25, 0.3) is 0 Å². The van der Waals surface area contributed by atoms with Crippen molar-refractivity contribution in [2.24, 2.45) is 0 Å². The summed E-state index contributed by atoms with van der Waals surface area (Å²) in [6.45, 7) is 0.888. The number of rotatable bonds is 5.